The van der Waals surface area contributed by atoms with E-state index in [0.717, 1.165) is 0 Å². The van der Waals surface area contributed by atoms with Crippen LogP contribution in [0.3, 0.4) is 0 Å². The molecule has 0 rings (SSSR count). The van der Waals surface area contributed by atoms with Crippen molar-refractivity contribution in [3.8, 4) is 0 Å². The molecular weight excluding hydrogens is 246 g/mol. The minimum Gasteiger partial charge on any atom is -0.0125 e. The molecule has 0 heterocycles. The van der Waals surface area contributed by atoms with E-state index >= 15 is 0 Å². The van der Waals surface area contributed by atoms with Gasteiger partial charge in [-0.15, -0.1) is 0 Å². The summed E-state index contributed by atoms with van der Waals surface area (Å²) < 4.78 is 0. The summed E-state index contributed by atoms with van der Waals surface area (Å²) in [6.07, 6.45) is 0. The van der Waals surface area contributed by atoms with Crippen molar-refractivity contribution in [2.24, 2.45) is 0 Å². The van der Waals surface area contributed by atoms with Crippen LogP contribution < -0.4 is 0 Å². The van der Waals surface area contributed by atoms with Crippen molar-refractivity contribution in [2.75, 3.05) is 0 Å². The molecule has 0 aromatic heterocycles. The van der Waals surface area contributed by atoms with E-state index in [9.17, 15) is 0 Å². The smallest absolute Gasteiger partial charge is 0 e. The third kappa shape index (κ3) is 22.0. The van der Waals surface area contributed by atoms with Gasteiger partial charge in [-0.05, 0) is 11.0 Å². The Bertz CT molecular complexity index is 9.61. The standard InChI is InChI=1S/Cr.Fe.2Mn.H3Si/h;;;;1H3. The van der Waals surface area contributed by atoms with Crippen molar-refractivity contribution in [2.45, 2.75) is 0 Å². The summed E-state index contributed by atoms with van der Waals surface area (Å²) in [6, 6.07) is 0. The van der Waals surface area contributed by atoms with Gasteiger partial charge >= 0.3 is 0 Å². The van der Waals surface area contributed by atoms with E-state index in [1.807, 2.05) is 0 Å². The Morgan fingerprint density at radius 3 is 0.800 bits per heavy atom. The zero-order chi connectivity index (χ0) is 0. The Hall–Kier alpha value is 2.31. The van der Waals surface area contributed by atoms with Gasteiger partial charge in [-0.1, -0.05) is 0 Å². The Balaban J connectivity index is 0. The topological polar surface area (TPSA) is 0 Å². The van der Waals surface area contributed by atoms with Gasteiger partial charge in [0.15, 0.2) is 0 Å². The maximum absolute atomic E-state index is 0. The molecule has 0 spiro atoms. The molecule has 5 heteroatoms. The van der Waals surface area contributed by atoms with Crippen molar-refractivity contribution >= 4 is 11.0 Å². The van der Waals surface area contributed by atoms with Gasteiger partial charge in [-0.25, -0.2) is 0 Å². The van der Waals surface area contributed by atoms with Gasteiger partial charge in [0.25, 0.3) is 0 Å². The minimum atomic E-state index is 0. The van der Waals surface area contributed by atoms with Crippen molar-refractivity contribution in [1.29, 1.82) is 0 Å². The largest absolute Gasteiger partial charge is 0.0125 e. The molecule has 0 aliphatic rings. The molecule has 0 fully saturated rings. The fourth-order valence-corrected chi connectivity index (χ4v) is 0. The van der Waals surface area contributed by atoms with Gasteiger partial charge in [0, 0.05) is 68.6 Å². The number of hydrogen-bond acceptors (Lipinski definition) is 0. The molecule has 0 aromatic carbocycles. The van der Waals surface area contributed by atoms with Gasteiger partial charge in [0.1, 0.15) is 0 Å². The maximum atomic E-state index is 0. The second-order valence-electron chi connectivity index (χ2n) is 0. The van der Waals surface area contributed by atoms with Crippen LogP contribution in [0.1, 0.15) is 0 Å². The van der Waals surface area contributed by atoms with Crippen molar-refractivity contribution in [3.05, 3.63) is 0 Å². The molecule has 0 unspecified atom stereocenters. The number of rotatable bonds is 0. The molecule has 0 saturated heterocycles. The van der Waals surface area contributed by atoms with Gasteiger partial charge in [-0.2, -0.15) is 0 Å². The Kier molecular flexibility index (Phi) is 364. The average Bonchev–Trinajstić information content (AvgIpc) is 0. The molecule has 0 aliphatic carbocycles. The van der Waals surface area contributed by atoms with Gasteiger partial charge < -0.3 is 0 Å². The predicted octanol–water partition coefficient (Wildman–Crippen LogP) is -1.19. The molecule has 0 atom stereocenters. The number of hydrogen-bond donors (Lipinski definition) is 0. The second-order valence-corrected chi connectivity index (χ2v) is 0. The average molecular weight is 249 g/mol. The SMILES string of the molecule is [Cr].[Fe].[Mn].[Mn].[SiH3]. The third-order valence-corrected chi connectivity index (χ3v) is 0. The van der Waals surface area contributed by atoms with E-state index in [4.69, 9.17) is 0 Å². The van der Waals surface area contributed by atoms with Crippen LogP contribution in [-0.4, -0.2) is 11.0 Å². The zero-order valence-corrected chi connectivity index (χ0v) is 9.26. The molecule has 0 bridgehead atoms. The van der Waals surface area contributed by atoms with E-state index in [1.165, 1.54) is 0 Å². The van der Waals surface area contributed by atoms with E-state index in [1.54, 1.807) is 0 Å². The van der Waals surface area contributed by atoms with E-state index in [0.29, 0.717) is 0 Å². The summed E-state index contributed by atoms with van der Waals surface area (Å²) in [5.74, 6) is 0. The van der Waals surface area contributed by atoms with Gasteiger partial charge in [0.2, 0.25) is 0 Å². The molecule has 0 amide bonds. The van der Waals surface area contributed by atoms with Crippen LogP contribution >= 0.6 is 0 Å². The van der Waals surface area contributed by atoms with E-state index < -0.39 is 0 Å². The summed E-state index contributed by atoms with van der Waals surface area (Å²) in [7, 11) is 0. The first-order chi connectivity index (χ1) is 0. The van der Waals surface area contributed by atoms with Crippen LogP contribution in [0.25, 0.3) is 0 Å². The summed E-state index contributed by atoms with van der Waals surface area (Å²) >= 11 is 0. The molecule has 0 saturated carbocycles. The molecule has 3 radical (unpaired) electrons. The Labute approximate surface area is 78.8 Å². The van der Waals surface area contributed by atoms with Gasteiger partial charge in [0.05, 0.1) is 0 Å². The van der Waals surface area contributed by atoms with Crippen molar-refractivity contribution < 1.29 is 68.6 Å². The minimum absolute atomic E-state index is 0. The molecule has 35 valence electrons. The fraction of sp³-hybridized carbons (Fsp3) is 0. The summed E-state index contributed by atoms with van der Waals surface area (Å²) in [5, 5.41) is 0. The summed E-state index contributed by atoms with van der Waals surface area (Å²) in [5.41, 5.74) is 0. The Morgan fingerprint density at radius 1 is 0.800 bits per heavy atom. The van der Waals surface area contributed by atoms with Crippen molar-refractivity contribution in [1.82, 2.24) is 0 Å². The van der Waals surface area contributed by atoms with Crippen LogP contribution in [0.5, 0.6) is 0 Å². The van der Waals surface area contributed by atoms with E-state index in [-0.39, 0.29) is 79.5 Å². The first-order valence-electron chi connectivity index (χ1n) is 0. The van der Waals surface area contributed by atoms with Gasteiger partial charge in [-0.3, -0.25) is 0 Å². The normalized spacial score (nSPS) is 0. The van der Waals surface area contributed by atoms with Crippen molar-refractivity contribution in [3.63, 3.8) is 0 Å². The third-order valence-electron chi connectivity index (χ3n) is 0. The molecule has 0 aliphatic heterocycles. The first-order valence-corrected chi connectivity index (χ1v) is 0. The first kappa shape index (κ1) is 54.6. The monoisotopic (exact) mass is 249 g/mol. The second kappa shape index (κ2) is 33.4. The maximum Gasteiger partial charge on any atom is 0 e. The fourth-order valence-electron chi connectivity index (χ4n) is 0. The molecule has 5 heavy (non-hydrogen) atoms. The van der Waals surface area contributed by atoms with Crippen LogP contribution in [0.2, 0.25) is 0 Å². The van der Waals surface area contributed by atoms with E-state index in [2.05, 4.69) is 0 Å². The zero-order valence-electron chi connectivity index (χ0n) is 2.52. The molecular formula is H3CrFeMn2Si. The Morgan fingerprint density at radius 2 is 0.800 bits per heavy atom. The molecule has 0 aromatic rings. The quantitative estimate of drug-likeness (QED) is 0.473. The van der Waals surface area contributed by atoms with Crippen LogP contribution in [0.15, 0.2) is 0 Å². The predicted molar refractivity (Wildman–Crippen MR) is 9.94 cm³/mol. The van der Waals surface area contributed by atoms with Crippen LogP contribution in [0.4, 0.5) is 0 Å². The molecule has 0 nitrogen and oxygen atoms in total. The summed E-state index contributed by atoms with van der Waals surface area (Å²) in [4.78, 5) is 0. The van der Waals surface area contributed by atoms with Crippen LogP contribution in [0, 0.1) is 0 Å². The molecule has 0 N–H and O–H groups in total. The summed E-state index contributed by atoms with van der Waals surface area (Å²) in [6.45, 7) is 0. The van der Waals surface area contributed by atoms with Crippen LogP contribution in [-0.2, 0) is 68.6 Å².